The Morgan fingerprint density at radius 2 is 2.04 bits per heavy atom. The Morgan fingerprint density at radius 3 is 2.79 bits per heavy atom. The standard InChI is InChI=1S/C18H17N3O3/c1-24-17-7-14-15(8-16(17)20-23)19-9-13-6-11-4-2-3-5-12(11)10-21(13)18(14)22/h2-5,7-8,13,19H,6,9-10H2,1H3/t13-/m0/s1. The number of ether oxygens (including phenoxy) is 1. The van der Waals surface area contributed by atoms with E-state index < -0.39 is 0 Å². The van der Waals surface area contributed by atoms with E-state index in [0.29, 0.717) is 30.1 Å². The molecule has 1 amide bonds. The van der Waals surface area contributed by atoms with Gasteiger partial charge in [0.2, 0.25) is 0 Å². The quantitative estimate of drug-likeness (QED) is 0.862. The van der Waals surface area contributed by atoms with E-state index in [9.17, 15) is 9.70 Å². The summed E-state index contributed by atoms with van der Waals surface area (Å²) in [4.78, 5) is 26.0. The third kappa shape index (κ3) is 2.22. The highest BCUT2D eigenvalue weighted by Crippen LogP contribution is 2.37. The molecule has 0 spiro atoms. The first-order valence-electron chi connectivity index (χ1n) is 7.88. The van der Waals surface area contributed by atoms with Crippen molar-refractivity contribution in [1.82, 2.24) is 4.90 Å². The molecular formula is C18H17N3O3. The number of anilines is 1. The summed E-state index contributed by atoms with van der Waals surface area (Å²) in [5.74, 6) is 0.264. The van der Waals surface area contributed by atoms with Crippen LogP contribution in [0.2, 0.25) is 0 Å². The molecule has 1 N–H and O–H groups in total. The molecule has 24 heavy (non-hydrogen) atoms. The van der Waals surface area contributed by atoms with Crippen molar-refractivity contribution >= 4 is 17.3 Å². The maximum absolute atomic E-state index is 13.1. The van der Waals surface area contributed by atoms with Crippen LogP contribution in [0.3, 0.4) is 0 Å². The molecule has 2 aliphatic heterocycles. The van der Waals surface area contributed by atoms with Gasteiger partial charge in [0.25, 0.3) is 5.91 Å². The Hall–Kier alpha value is -2.89. The summed E-state index contributed by atoms with van der Waals surface area (Å²) in [6, 6.07) is 11.5. The molecule has 0 aliphatic carbocycles. The summed E-state index contributed by atoms with van der Waals surface area (Å²) in [5, 5.41) is 6.28. The zero-order chi connectivity index (χ0) is 16.7. The third-order valence-corrected chi connectivity index (χ3v) is 4.79. The number of hydrogen-bond donors (Lipinski definition) is 1. The average molecular weight is 323 g/mol. The van der Waals surface area contributed by atoms with Crippen LogP contribution in [0.15, 0.2) is 41.6 Å². The monoisotopic (exact) mass is 323 g/mol. The molecule has 2 heterocycles. The highest BCUT2D eigenvalue weighted by molar-refractivity contribution is 6.02. The second-order valence-corrected chi connectivity index (χ2v) is 6.10. The minimum absolute atomic E-state index is 0.0507. The van der Waals surface area contributed by atoms with E-state index in [-0.39, 0.29) is 17.6 Å². The van der Waals surface area contributed by atoms with Crippen LogP contribution in [0.1, 0.15) is 21.5 Å². The van der Waals surface area contributed by atoms with Gasteiger partial charge in [-0.25, -0.2) is 0 Å². The lowest BCUT2D eigenvalue weighted by molar-refractivity contribution is 0.0660. The van der Waals surface area contributed by atoms with Crippen molar-refractivity contribution in [3.8, 4) is 5.75 Å². The molecule has 2 aromatic carbocycles. The largest absolute Gasteiger partial charge is 0.494 e. The van der Waals surface area contributed by atoms with E-state index in [1.807, 2.05) is 17.0 Å². The van der Waals surface area contributed by atoms with Crippen molar-refractivity contribution < 1.29 is 9.53 Å². The Bertz CT molecular complexity index is 834. The van der Waals surface area contributed by atoms with Gasteiger partial charge >= 0.3 is 0 Å². The summed E-state index contributed by atoms with van der Waals surface area (Å²) in [6.07, 6.45) is 0.818. The first kappa shape index (κ1) is 14.7. The first-order chi connectivity index (χ1) is 11.7. The Labute approximate surface area is 139 Å². The van der Waals surface area contributed by atoms with Gasteiger partial charge in [0, 0.05) is 18.8 Å². The summed E-state index contributed by atoms with van der Waals surface area (Å²) in [6.45, 7) is 1.23. The minimum Gasteiger partial charge on any atom is -0.494 e. The van der Waals surface area contributed by atoms with E-state index in [1.54, 1.807) is 12.1 Å². The lowest BCUT2D eigenvalue weighted by Crippen LogP contribution is -2.45. The van der Waals surface area contributed by atoms with E-state index in [0.717, 1.165) is 6.42 Å². The number of nitrogens with zero attached hydrogens (tertiary/aromatic N) is 2. The van der Waals surface area contributed by atoms with Crippen molar-refractivity contribution in [2.24, 2.45) is 5.18 Å². The average Bonchev–Trinajstić information content (AvgIpc) is 2.76. The second kappa shape index (κ2) is 5.63. The van der Waals surface area contributed by atoms with E-state index in [2.05, 4.69) is 22.6 Å². The van der Waals surface area contributed by atoms with Crippen LogP contribution < -0.4 is 10.1 Å². The molecule has 2 aliphatic rings. The number of rotatable bonds is 2. The number of carbonyl (C=O) groups excluding carboxylic acids is 1. The van der Waals surface area contributed by atoms with Gasteiger partial charge in [-0.3, -0.25) is 4.79 Å². The van der Waals surface area contributed by atoms with E-state index in [4.69, 9.17) is 4.74 Å². The minimum atomic E-state index is -0.0507. The lowest BCUT2D eigenvalue weighted by atomic mass is 9.94. The highest BCUT2D eigenvalue weighted by Gasteiger charge is 2.34. The van der Waals surface area contributed by atoms with Crippen molar-refractivity contribution in [2.75, 3.05) is 19.0 Å². The molecule has 2 aromatic rings. The molecular weight excluding hydrogens is 306 g/mol. The SMILES string of the molecule is COc1cc2c(cc1N=O)NC[C@@H]1Cc3ccccc3CN1C2=O. The van der Waals surface area contributed by atoms with Crippen LogP contribution in [0.25, 0.3) is 0 Å². The van der Waals surface area contributed by atoms with Gasteiger partial charge in [0.15, 0.2) is 5.69 Å². The summed E-state index contributed by atoms with van der Waals surface area (Å²) >= 11 is 0. The number of methoxy groups -OCH3 is 1. The van der Waals surface area contributed by atoms with Crippen molar-refractivity contribution in [2.45, 2.75) is 19.0 Å². The Morgan fingerprint density at radius 1 is 1.25 bits per heavy atom. The fourth-order valence-corrected chi connectivity index (χ4v) is 3.52. The molecule has 0 saturated carbocycles. The van der Waals surface area contributed by atoms with Crippen LogP contribution in [-0.2, 0) is 13.0 Å². The molecule has 0 saturated heterocycles. The number of benzene rings is 2. The topological polar surface area (TPSA) is 71.0 Å². The fraction of sp³-hybridized carbons (Fsp3) is 0.278. The molecule has 0 fully saturated rings. The number of hydrogen-bond acceptors (Lipinski definition) is 5. The zero-order valence-electron chi connectivity index (χ0n) is 13.3. The number of carbonyl (C=O) groups is 1. The number of nitrogens with one attached hydrogen (secondary N) is 1. The summed E-state index contributed by atoms with van der Waals surface area (Å²) in [7, 11) is 1.46. The molecule has 0 aromatic heterocycles. The van der Waals surface area contributed by atoms with Crippen LogP contribution in [0.4, 0.5) is 11.4 Å². The summed E-state index contributed by atoms with van der Waals surface area (Å²) < 4.78 is 5.19. The van der Waals surface area contributed by atoms with Gasteiger partial charge in [-0.15, -0.1) is 4.91 Å². The molecule has 6 nitrogen and oxygen atoms in total. The number of fused-ring (bicyclic) bond motifs is 3. The van der Waals surface area contributed by atoms with Gasteiger partial charge in [-0.05, 0) is 34.9 Å². The predicted octanol–water partition coefficient (Wildman–Crippen LogP) is 3.09. The summed E-state index contributed by atoms with van der Waals surface area (Å²) in [5.41, 5.74) is 3.81. The smallest absolute Gasteiger partial charge is 0.256 e. The van der Waals surface area contributed by atoms with Crippen LogP contribution in [-0.4, -0.2) is 30.5 Å². The molecule has 1 atom stereocenters. The molecule has 6 heteroatoms. The van der Waals surface area contributed by atoms with Crippen molar-refractivity contribution in [3.63, 3.8) is 0 Å². The van der Waals surface area contributed by atoms with E-state index in [1.165, 1.54) is 18.2 Å². The van der Waals surface area contributed by atoms with Gasteiger partial charge in [-0.2, -0.15) is 0 Å². The Kier molecular flexibility index (Phi) is 3.45. The van der Waals surface area contributed by atoms with Crippen LogP contribution in [0, 0.1) is 4.91 Å². The van der Waals surface area contributed by atoms with Crippen LogP contribution >= 0.6 is 0 Å². The Balaban J connectivity index is 1.77. The fourth-order valence-electron chi connectivity index (χ4n) is 3.52. The van der Waals surface area contributed by atoms with E-state index >= 15 is 0 Å². The predicted molar refractivity (Wildman–Crippen MR) is 90.7 cm³/mol. The normalized spacial score (nSPS) is 18.6. The van der Waals surface area contributed by atoms with Gasteiger partial charge in [0.05, 0.1) is 18.7 Å². The third-order valence-electron chi connectivity index (χ3n) is 4.79. The number of nitroso groups, excluding NO2 is 1. The molecule has 0 unspecified atom stereocenters. The number of amides is 1. The molecule has 0 radical (unpaired) electrons. The molecule has 4 rings (SSSR count). The van der Waals surface area contributed by atoms with Crippen molar-refractivity contribution in [3.05, 3.63) is 58.0 Å². The lowest BCUT2D eigenvalue weighted by Gasteiger charge is -2.35. The van der Waals surface area contributed by atoms with Gasteiger partial charge in [0.1, 0.15) is 5.75 Å². The maximum Gasteiger partial charge on any atom is 0.256 e. The first-order valence-corrected chi connectivity index (χ1v) is 7.88. The molecule has 122 valence electrons. The second-order valence-electron chi connectivity index (χ2n) is 6.10. The highest BCUT2D eigenvalue weighted by atomic mass is 16.5. The molecule has 0 bridgehead atoms. The van der Waals surface area contributed by atoms with Crippen LogP contribution in [0.5, 0.6) is 5.75 Å². The van der Waals surface area contributed by atoms with Gasteiger partial charge in [-0.1, -0.05) is 24.3 Å². The van der Waals surface area contributed by atoms with Gasteiger partial charge < -0.3 is 15.0 Å². The maximum atomic E-state index is 13.1. The van der Waals surface area contributed by atoms with Crippen molar-refractivity contribution in [1.29, 1.82) is 0 Å². The zero-order valence-corrected chi connectivity index (χ0v) is 13.3.